The van der Waals surface area contributed by atoms with E-state index >= 15 is 9.59 Å². The van der Waals surface area contributed by atoms with E-state index in [1.54, 1.807) is 26.9 Å². The molecule has 0 aliphatic carbocycles. The first-order chi connectivity index (χ1) is 25.2. The van der Waals surface area contributed by atoms with Crippen LogP contribution < -0.4 is 14.7 Å². The summed E-state index contributed by atoms with van der Waals surface area (Å²) in [5.74, 6) is -2.62. The van der Waals surface area contributed by atoms with Crippen molar-refractivity contribution in [2.24, 2.45) is 11.8 Å². The number of para-hydroxylation sites is 1. The molecule has 3 aliphatic rings. The molecular weight excluding hydrogens is 652 g/mol. The highest BCUT2D eigenvalue weighted by Crippen LogP contribution is 2.65. The summed E-state index contributed by atoms with van der Waals surface area (Å²) >= 11 is 0. The van der Waals surface area contributed by atoms with Gasteiger partial charge in [0.1, 0.15) is 11.6 Å². The molecule has 0 radical (unpaired) electrons. The smallest absolute Gasteiger partial charge is 0.253 e. The Kier molecular flexibility index (Phi) is 11.0. The van der Waals surface area contributed by atoms with Crippen LogP contribution in [-0.2, 0) is 25.5 Å². The number of fused-ring (bicyclic) bond motifs is 1. The summed E-state index contributed by atoms with van der Waals surface area (Å²) in [6.45, 7) is 15.9. The predicted molar refractivity (Wildman–Crippen MR) is 206 cm³/mol. The molecule has 1 N–H and O–H groups in total. The van der Waals surface area contributed by atoms with Crippen molar-refractivity contribution in [3.8, 4) is 0 Å². The van der Waals surface area contributed by atoms with Crippen molar-refractivity contribution in [1.82, 2.24) is 4.90 Å². The molecule has 6 atom stereocenters. The average molecular weight is 705 g/mol. The second kappa shape index (κ2) is 15.5. The third-order valence-corrected chi connectivity index (χ3v) is 11.6. The fourth-order valence-electron chi connectivity index (χ4n) is 9.10. The third-order valence-electron chi connectivity index (χ3n) is 11.6. The van der Waals surface area contributed by atoms with E-state index in [2.05, 4.69) is 31.9 Å². The fourth-order valence-corrected chi connectivity index (χ4v) is 9.10. The number of hydrogen-bond donors (Lipinski definition) is 1. The van der Waals surface area contributed by atoms with Gasteiger partial charge in [-0.3, -0.25) is 14.4 Å². The Hall–Kier alpha value is -4.73. The van der Waals surface area contributed by atoms with Crippen molar-refractivity contribution in [1.29, 1.82) is 0 Å². The van der Waals surface area contributed by atoms with Crippen molar-refractivity contribution >= 4 is 34.8 Å². The van der Waals surface area contributed by atoms with E-state index in [4.69, 9.17) is 4.74 Å². The standard InChI is InChI=1S/C43H52N4O5/c1-6-27-45(33-19-15-12-16-20-33)39(49)36-37-40(50)47(35(30-48)29-31-17-13-11-14-18-31)38(43(37)26-25-42(36,8-3)52-43)41(51)46(28-7-2)34-23-21-32(22-24-34)44(9-4)10-5/h6-7,11-24,35-38,48H,1-2,8-10,25-30H2,3-5H3/t35-,36-,37+,38?,42+,43?/m1/s1. The molecule has 9 nitrogen and oxygen atoms in total. The highest BCUT2D eigenvalue weighted by molar-refractivity contribution is 6.07. The Morgan fingerprint density at radius 2 is 1.40 bits per heavy atom. The van der Waals surface area contributed by atoms with Crippen LogP contribution >= 0.6 is 0 Å². The van der Waals surface area contributed by atoms with Gasteiger partial charge in [0.2, 0.25) is 11.8 Å². The first-order valence-electron chi connectivity index (χ1n) is 18.7. The molecule has 2 unspecified atom stereocenters. The number of amides is 3. The topological polar surface area (TPSA) is 93.6 Å². The van der Waals surface area contributed by atoms with Crippen molar-refractivity contribution in [3.63, 3.8) is 0 Å². The van der Waals surface area contributed by atoms with Gasteiger partial charge in [-0.25, -0.2) is 0 Å². The van der Waals surface area contributed by atoms with Crippen LogP contribution in [-0.4, -0.2) is 83.8 Å². The lowest BCUT2D eigenvalue weighted by atomic mass is 9.64. The zero-order valence-electron chi connectivity index (χ0n) is 30.7. The maximum Gasteiger partial charge on any atom is 0.253 e. The molecule has 9 heteroatoms. The van der Waals surface area contributed by atoms with Gasteiger partial charge in [0, 0.05) is 43.2 Å². The van der Waals surface area contributed by atoms with E-state index in [0.717, 1.165) is 24.3 Å². The Labute approximate surface area is 308 Å². The molecule has 3 amide bonds. The van der Waals surface area contributed by atoms with Crippen molar-refractivity contribution < 1.29 is 24.2 Å². The monoisotopic (exact) mass is 704 g/mol. The molecule has 3 aromatic rings. The fraction of sp³-hybridized carbons (Fsp3) is 0.419. The number of anilines is 3. The van der Waals surface area contributed by atoms with Gasteiger partial charge in [0.25, 0.3) is 5.91 Å². The highest BCUT2D eigenvalue weighted by Gasteiger charge is 2.79. The first-order valence-corrected chi connectivity index (χ1v) is 18.7. The van der Waals surface area contributed by atoms with Crippen molar-refractivity contribution in [2.45, 2.75) is 69.7 Å². The first kappa shape index (κ1) is 37.0. The van der Waals surface area contributed by atoms with Gasteiger partial charge < -0.3 is 29.4 Å². The molecule has 3 aromatic carbocycles. The van der Waals surface area contributed by atoms with Crippen LogP contribution in [0.25, 0.3) is 0 Å². The number of aliphatic hydroxyl groups is 1. The van der Waals surface area contributed by atoms with E-state index in [1.165, 1.54) is 0 Å². The molecule has 3 saturated heterocycles. The van der Waals surface area contributed by atoms with Crippen LogP contribution in [0, 0.1) is 11.8 Å². The lowest BCUT2D eigenvalue weighted by Crippen LogP contribution is -2.59. The van der Waals surface area contributed by atoms with Crippen LogP contribution in [0.5, 0.6) is 0 Å². The van der Waals surface area contributed by atoms with Gasteiger partial charge in [0.15, 0.2) is 0 Å². The summed E-state index contributed by atoms with van der Waals surface area (Å²) in [7, 11) is 0. The van der Waals surface area contributed by atoms with Gasteiger partial charge >= 0.3 is 0 Å². The van der Waals surface area contributed by atoms with Crippen LogP contribution in [0.1, 0.15) is 45.6 Å². The highest BCUT2D eigenvalue weighted by atomic mass is 16.5. The number of nitrogens with zero attached hydrogens (tertiary/aromatic N) is 4. The number of carbonyl (C=O) groups is 3. The van der Waals surface area contributed by atoms with Gasteiger partial charge in [-0.05, 0) is 81.5 Å². The summed E-state index contributed by atoms with van der Waals surface area (Å²) in [5, 5.41) is 11.0. The van der Waals surface area contributed by atoms with E-state index in [-0.39, 0.29) is 37.4 Å². The second-order valence-corrected chi connectivity index (χ2v) is 14.1. The maximum absolute atomic E-state index is 15.4. The number of hydrogen-bond acceptors (Lipinski definition) is 6. The van der Waals surface area contributed by atoms with Crippen LogP contribution in [0.3, 0.4) is 0 Å². The zero-order chi connectivity index (χ0) is 37.0. The summed E-state index contributed by atoms with van der Waals surface area (Å²) in [5.41, 5.74) is 1.14. The maximum atomic E-state index is 15.4. The number of carbonyl (C=O) groups excluding carboxylic acids is 3. The number of aliphatic hydroxyl groups excluding tert-OH is 1. The summed E-state index contributed by atoms with van der Waals surface area (Å²) in [6, 6.07) is 25.1. The molecule has 274 valence electrons. The zero-order valence-corrected chi connectivity index (χ0v) is 30.7. The number of benzene rings is 3. The lowest BCUT2D eigenvalue weighted by molar-refractivity contribution is -0.149. The van der Waals surface area contributed by atoms with Gasteiger partial charge in [-0.1, -0.05) is 67.6 Å². The number of likely N-dealkylation sites (tertiary alicyclic amines) is 1. The quantitative estimate of drug-likeness (QED) is 0.183. The molecule has 3 heterocycles. The number of ether oxygens (including phenoxy) is 1. The Balaban J connectivity index is 1.47. The molecule has 52 heavy (non-hydrogen) atoms. The molecule has 0 aromatic heterocycles. The van der Waals surface area contributed by atoms with Gasteiger partial charge in [-0.15, -0.1) is 13.2 Å². The average Bonchev–Trinajstić information content (AvgIpc) is 3.79. The minimum Gasteiger partial charge on any atom is -0.394 e. The normalized spacial score (nSPS) is 25.0. The third kappa shape index (κ3) is 6.24. The molecule has 6 rings (SSSR count). The lowest BCUT2D eigenvalue weighted by Gasteiger charge is -2.39. The Morgan fingerprint density at radius 3 is 1.96 bits per heavy atom. The van der Waals surface area contributed by atoms with E-state index < -0.39 is 35.1 Å². The number of rotatable bonds is 16. The minimum atomic E-state index is -1.27. The van der Waals surface area contributed by atoms with Crippen molar-refractivity contribution in [2.75, 3.05) is 47.5 Å². The minimum absolute atomic E-state index is 0.202. The summed E-state index contributed by atoms with van der Waals surface area (Å²) in [6.07, 6.45) is 5.17. The SMILES string of the molecule is C=CCN(C(=O)C1N([C@@H](CO)Cc2ccccc2)C(=O)[C@@H]2[C@H](C(=O)N(CC=C)c3ccccc3)[C@]3(CC)CCC12O3)c1ccc(N(CC)CC)cc1. The molecule has 2 bridgehead atoms. The Morgan fingerprint density at radius 1 is 0.846 bits per heavy atom. The van der Waals surface area contributed by atoms with E-state index in [9.17, 15) is 9.90 Å². The van der Waals surface area contributed by atoms with Crippen LogP contribution in [0.15, 0.2) is 110 Å². The van der Waals surface area contributed by atoms with Crippen LogP contribution in [0.2, 0.25) is 0 Å². The van der Waals surface area contributed by atoms with Crippen molar-refractivity contribution in [3.05, 3.63) is 116 Å². The van der Waals surface area contributed by atoms with E-state index in [1.807, 2.05) is 91.9 Å². The molecular formula is C43H52N4O5. The second-order valence-electron chi connectivity index (χ2n) is 14.1. The Bertz CT molecular complexity index is 1750. The molecule has 3 aliphatic heterocycles. The summed E-state index contributed by atoms with van der Waals surface area (Å²) in [4.78, 5) is 52.7. The van der Waals surface area contributed by atoms with Gasteiger partial charge in [-0.2, -0.15) is 0 Å². The molecule has 0 saturated carbocycles. The predicted octanol–water partition coefficient (Wildman–Crippen LogP) is 6.03. The van der Waals surface area contributed by atoms with Crippen LogP contribution in [0.4, 0.5) is 17.1 Å². The van der Waals surface area contributed by atoms with Gasteiger partial charge in [0.05, 0.1) is 30.1 Å². The molecule has 3 fully saturated rings. The molecule has 1 spiro atoms. The largest absolute Gasteiger partial charge is 0.394 e. The summed E-state index contributed by atoms with van der Waals surface area (Å²) < 4.78 is 7.14. The van der Waals surface area contributed by atoms with E-state index in [0.29, 0.717) is 37.1 Å².